The summed E-state index contributed by atoms with van der Waals surface area (Å²) in [5.74, 6) is 0.591. The molecule has 0 spiro atoms. The Labute approximate surface area is 123 Å². The van der Waals surface area contributed by atoms with Crippen LogP contribution in [-0.2, 0) is 14.8 Å². The van der Waals surface area contributed by atoms with Crippen LogP contribution in [0.15, 0.2) is 0 Å². The molecule has 2 rings (SSSR count). The fraction of sp³-hybridized carbons (Fsp3) is 1.00. The molecule has 20 heavy (non-hydrogen) atoms. The number of nitrogens with zero attached hydrogens (tertiary/aromatic N) is 2. The minimum absolute atomic E-state index is 0.281. The molecular weight excluding hydrogens is 276 g/mol. The van der Waals surface area contributed by atoms with Gasteiger partial charge in [-0.15, -0.1) is 0 Å². The van der Waals surface area contributed by atoms with Crippen LogP contribution in [0, 0.1) is 5.92 Å². The number of hydrogen-bond acceptors (Lipinski definition) is 4. The molecule has 6 heteroatoms. The van der Waals surface area contributed by atoms with E-state index in [0.717, 1.165) is 45.3 Å². The Hall–Kier alpha value is -0.170. The van der Waals surface area contributed by atoms with Crippen LogP contribution in [0.4, 0.5) is 0 Å². The minimum atomic E-state index is -3.09. The van der Waals surface area contributed by atoms with Crippen LogP contribution in [0.25, 0.3) is 0 Å². The smallest absolute Gasteiger partial charge is 0.214 e. The summed E-state index contributed by atoms with van der Waals surface area (Å²) in [5, 5.41) is 0. The van der Waals surface area contributed by atoms with E-state index in [-0.39, 0.29) is 5.92 Å². The first-order chi connectivity index (χ1) is 9.62. The van der Waals surface area contributed by atoms with Crippen LogP contribution in [0.3, 0.4) is 0 Å². The summed E-state index contributed by atoms with van der Waals surface area (Å²) >= 11 is 0. The van der Waals surface area contributed by atoms with E-state index in [2.05, 4.69) is 11.8 Å². The predicted molar refractivity (Wildman–Crippen MR) is 80.3 cm³/mol. The van der Waals surface area contributed by atoms with Gasteiger partial charge in [0.2, 0.25) is 10.0 Å². The van der Waals surface area contributed by atoms with Crippen molar-refractivity contribution in [1.82, 2.24) is 9.21 Å². The highest BCUT2D eigenvalue weighted by atomic mass is 32.2. The average Bonchev–Trinajstić information content (AvgIpc) is 2.66. The lowest BCUT2D eigenvalue weighted by atomic mass is 10.0. The molecule has 2 heterocycles. The summed E-state index contributed by atoms with van der Waals surface area (Å²) in [5.41, 5.74) is 0. The number of ether oxygens (including phenoxy) is 1. The monoisotopic (exact) mass is 304 g/mol. The second kappa shape index (κ2) is 7.73. The normalized spacial score (nSPS) is 24.6. The molecule has 2 fully saturated rings. The molecule has 118 valence electrons. The zero-order valence-corrected chi connectivity index (χ0v) is 13.4. The Morgan fingerprint density at radius 3 is 2.55 bits per heavy atom. The fourth-order valence-corrected chi connectivity index (χ4v) is 4.99. The standard InChI is InChI=1S/C14H28N2O3S/c1-2-6-15-7-3-8-16(10-9-15)20(17,18)13-14-4-11-19-12-5-14/h14H,2-13H2,1H3. The van der Waals surface area contributed by atoms with Crippen molar-refractivity contribution in [1.29, 1.82) is 0 Å². The second-order valence-electron chi connectivity index (χ2n) is 5.93. The van der Waals surface area contributed by atoms with Gasteiger partial charge in [-0.2, -0.15) is 0 Å². The third-order valence-corrected chi connectivity index (χ3v) is 6.31. The van der Waals surface area contributed by atoms with Crippen molar-refractivity contribution in [3.8, 4) is 0 Å². The van der Waals surface area contributed by atoms with E-state index in [1.807, 2.05) is 0 Å². The van der Waals surface area contributed by atoms with Gasteiger partial charge in [0.05, 0.1) is 5.75 Å². The maximum Gasteiger partial charge on any atom is 0.214 e. The Morgan fingerprint density at radius 2 is 1.85 bits per heavy atom. The molecule has 2 aliphatic rings. The molecule has 0 bridgehead atoms. The topological polar surface area (TPSA) is 49.9 Å². The van der Waals surface area contributed by atoms with E-state index < -0.39 is 10.0 Å². The molecule has 0 amide bonds. The van der Waals surface area contributed by atoms with Crippen molar-refractivity contribution in [3.05, 3.63) is 0 Å². The molecule has 0 unspecified atom stereocenters. The van der Waals surface area contributed by atoms with Crippen molar-refractivity contribution in [3.63, 3.8) is 0 Å². The van der Waals surface area contributed by atoms with Crippen LogP contribution in [-0.4, -0.2) is 69.3 Å². The maximum absolute atomic E-state index is 12.5. The van der Waals surface area contributed by atoms with Crippen LogP contribution in [0.5, 0.6) is 0 Å². The van der Waals surface area contributed by atoms with E-state index >= 15 is 0 Å². The van der Waals surface area contributed by atoms with Crippen LogP contribution in [0.1, 0.15) is 32.6 Å². The van der Waals surface area contributed by atoms with Crippen LogP contribution < -0.4 is 0 Å². The van der Waals surface area contributed by atoms with Crippen molar-refractivity contribution >= 4 is 10.0 Å². The number of hydrogen-bond donors (Lipinski definition) is 0. The summed E-state index contributed by atoms with van der Waals surface area (Å²) in [4.78, 5) is 2.38. The molecule has 5 nitrogen and oxygen atoms in total. The first-order valence-electron chi connectivity index (χ1n) is 7.89. The molecule has 0 aromatic heterocycles. The van der Waals surface area contributed by atoms with Gasteiger partial charge >= 0.3 is 0 Å². The lowest BCUT2D eigenvalue weighted by Crippen LogP contribution is -2.39. The third kappa shape index (κ3) is 4.69. The van der Waals surface area contributed by atoms with Gasteiger partial charge in [0.25, 0.3) is 0 Å². The molecule has 0 atom stereocenters. The average molecular weight is 304 g/mol. The lowest BCUT2D eigenvalue weighted by molar-refractivity contribution is 0.0720. The van der Waals surface area contributed by atoms with Crippen molar-refractivity contribution in [2.75, 3.05) is 51.7 Å². The third-order valence-electron chi connectivity index (χ3n) is 4.27. The Morgan fingerprint density at radius 1 is 1.10 bits per heavy atom. The van der Waals surface area contributed by atoms with E-state index in [9.17, 15) is 8.42 Å². The van der Waals surface area contributed by atoms with Crippen LogP contribution >= 0.6 is 0 Å². The molecule has 0 aromatic carbocycles. The molecule has 2 saturated heterocycles. The van der Waals surface area contributed by atoms with Gasteiger partial charge in [-0.25, -0.2) is 12.7 Å². The molecule has 0 radical (unpaired) electrons. The lowest BCUT2D eigenvalue weighted by Gasteiger charge is -2.26. The quantitative estimate of drug-likeness (QED) is 0.765. The molecule has 0 aromatic rings. The van der Waals surface area contributed by atoms with E-state index in [1.54, 1.807) is 4.31 Å². The van der Waals surface area contributed by atoms with Crippen LogP contribution in [0.2, 0.25) is 0 Å². The first-order valence-corrected chi connectivity index (χ1v) is 9.50. The van der Waals surface area contributed by atoms with Crippen molar-refractivity contribution in [2.24, 2.45) is 5.92 Å². The molecule has 2 aliphatic heterocycles. The zero-order valence-electron chi connectivity index (χ0n) is 12.6. The largest absolute Gasteiger partial charge is 0.381 e. The van der Waals surface area contributed by atoms with Gasteiger partial charge < -0.3 is 9.64 Å². The highest BCUT2D eigenvalue weighted by Gasteiger charge is 2.28. The predicted octanol–water partition coefficient (Wildman–Crippen LogP) is 1.16. The van der Waals surface area contributed by atoms with E-state index in [4.69, 9.17) is 4.74 Å². The fourth-order valence-electron chi connectivity index (χ4n) is 3.08. The Kier molecular flexibility index (Phi) is 6.26. The molecular formula is C14H28N2O3S. The van der Waals surface area contributed by atoms with Gasteiger partial charge in [-0.1, -0.05) is 6.92 Å². The van der Waals surface area contributed by atoms with Crippen molar-refractivity contribution in [2.45, 2.75) is 32.6 Å². The molecule has 0 N–H and O–H groups in total. The summed E-state index contributed by atoms with van der Waals surface area (Å²) in [7, 11) is -3.09. The summed E-state index contributed by atoms with van der Waals surface area (Å²) in [6.45, 7) is 7.92. The SMILES string of the molecule is CCCN1CCCN(S(=O)(=O)CC2CCOCC2)CC1. The van der Waals surface area contributed by atoms with E-state index in [0.29, 0.717) is 32.1 Å². The van der Waals surface area contributed by atoms with Gasteiger partial charge in [0.15, 0.2) is 0 Å². The highest BCUT2D eigenvalue weighted by Crippen LogP contribution is 2.19. The molecule has 0 aliphatic carbocycles. The highest BCUT2D eigenvalue weighted by molar-refractivity contribution is 7.89. The number of sulfonamides is 1. The van der Waals surface area contributed by atoms with Gasteiger partial charge in [0, 0.05) is 32.8 Å². The Bertz CT molecular complexity index is 380. The van der Waals surface area contributed by atoms with E-state index in [1.165, 1.54) is 0 Å². The second-order valence-corrected chi connectivity index (χ2v) is 7.94. The summed E-state index contributed by atoms with van der Waals surface area (Å²) < 4.78 is 32.1. The summed E-state index contributed by atoms with van der Waals surface area (Å²) in [6, 6.07) is 0. The van der Waals surface area contributed by atoms with Crippen molar-refractivity contribution < 1.29 is 13.2 Å². The first kappa shape index (κ1) is 16.2. The number of rotatable bonds is 5. The zero-order chi connectivity index (χ0) is 14.4. The minimum Gasteiger partial charge on any atom is -0.381 e. The molecule has 0 saturated carbocycles. The van der Waals surface area contributed by atoms with Gasteiger partial charge in [-0.3, -0.25) is 0 Å². The summed E-state index contributed by atoms with van der Waals surface area (Å²) in [6.07, 6.45) is 3.85. The van der Waals surface area contributed by atoms with Gasteiger partial charge in [0.1, 0.15) is 0 Å². The maximum atomic E-state index is 12.5. The Balaban J connectivity index is 1.88. The van der Waals surface area contributed by atoms with Gasteiger partial charge in [-0.05, 0) is 44.7 Å².